The molecule has 27 heavy (non-hydrogen) atoms. The summed E-state index contributed by atoms with van der Waals surface area (Å²) < 4.78 is 1.30. The maximum Gasteiger partial charge on any atom is 0.269 e. The molecular formula is C19H18Cl2N2O4. The second-order valence-corrected chi connectivity index (χ2v) is 6.85. The SMILES string of the molecule is C/C(O)=C(\C=O)C(=O)C(c1ccc(Cl)cc1)N(C)c1cc(Cl)c(=O)n(C)c1. The number of rotatable bonds is 6. The predicted molar refractivity (Wildman–Crippen MR) is 106 cm³/mol. The lowest BCUT2D eigenvalue weighted by atomic mass is 9.95. The smallest absolute Gasteiger partial charge is 0.269 e. The van der Waals surface area contributed by atoms with E-state index in [-0.39, 0.29) is 21.9 Å². The Hall–Kier alpha value is -2.57. The number of ketones is 1. The minimum Gasteiger partial charge on any atom is -0.512 e. The van der Waals surface area contributed by atoms with Crippen molar-refractivity contribution in [2.45, 2.75) is 13.0 Å². The maximum absolute atomic E-state index is 13.0. The average Bonchev–Trinajstić information content (AvgIpc) is 2.61. The van der Waals surface area contributed by atoms with Crippen LogP contribution < -0.4 is 10.5 Å². The van der Waals surface area contributed by atoms with Crippen molar-refractivity contribution in [2.24, 2.45) is 7.05 Å². The number of carbonyl (C=O) groups excluding carboxylic acids is 2. The van der Waals surface area contributed by atoms with Crippen LogP contribution in [0.2, 0.25) is 10.0 Å². The van der Waals surface area contributed by atoms with Crippen molar-refractivity contribution in [1.29, 1.82) is 0 Å². The van der Waals surface area contributed by atoms with Gasteiger partial charge in [0.05, 0.1) is 11.3 Å². The van der Waals surface area contributed by atoms with E-state index in [1.54, 1.807) is 43.3 Å². The molecule has 0 radical (unpaired) electrons. The van der Waals surface area contributed by atoms with E-state index in [2.05, 4.69) is 0 Å². The Labute approximate surface area is 166 Å². The van der Waals surface area contributed by atoms with Crippen molar-refractivity contribution in [3.05, 3.63) is 73.8 Å². The van der Waals surface area contributed by atoms with Gasteiger partial charge in [-0.15, -0.1) is 0 Å². The Morgan fingerprint density at radius 2 is 1.85 bits per heavy atom. The third-order valence-corrected chi connectivity index (χ3v) is 4.65. The van der Waals surface area contributed by atoms with Crippen LogP contribution in [0.4, 0.5) is 5.69 Å². The van der Waals surface area contributed by atoms with E-state index in [1.165, 1.54) is 23.8 Å². The third kappa shape index (κ3) is 4.40. The number of benzene rings is 1. The number of aromatic nitrogens is 1. The normalized spacial score (nSPS) is 12.9. The number of aliphatic hydroxyl groups excluding tert-OH is 1. The highest BCUT2D eigenvalue weighted by atomic mass is 35.5. The standard InChI is InChI=1S/C19H18Cl2N2O4/c1-11(25)15(10-24)18(26)17(12-4-6-13(20)7-5-12)23(3)14-8-16(21)19(27)22(2)9-14/h4-10,17,25H,1-3H3/b15-11-. The minimum absolute atomic E-state index is 0.00588. The lowest BCUT2D eigenvalue weighted by molar-refractivity contribution is -0.119. The summed E-state index contributed by atoms with van der Waals surface area (Å²) in [5, 5.41) is 10.2. The number of anilines is 1. The molecule has 0 amide bonds. The number of halogens is 2. The molecule has 0 spiro atoms. The summed E-state index contributed by atoms with van der Waals surface area (Å²) in [6.07, 6.45) is 1.85. The van der Waals surface area contributed by atoms with Crippen molar-refractivity contribution in [3.63, 3.8) is 0 Å². The number of Topliss-reactive ketones (excluding diaryl/α,β-unsaturated/α-hetero) is 1. The van der Waals surface area contributed by atoms with E-state index >= 15 is 0 Å². The van der Waals surface area contributed by atoms with Gasteiger partial charge in [0, 0.05) is 25.3 Å². The van der Waals surface area contributed by atoms with Crippen molar-refractivity contribution in [2.75, 3.05) is 11.9 Å². The van der Waals surface area contributed by atoms with Gasteiger partial charge in [0.1, 0.15) is 16.8 Å². The topological polar surface area (TPSA) is 79.6 Å². The molecule has 0 saturated heterocycles. The number of carbonyl (C=O) groups is 2. The number of hydrogen-bond donors (Lipinski definition) is 1. The maximum atomic E-state index is 13.0. The number of hydrogen-bond acceptors (Lipinski definition) is 5. The zero-order chi connectivity index (χ0) is 20.3. The van der Waals surface area contributed by atoms with Gasteiger partial charge < -0.3 is 14.6 Å². The molecule has 0 aliphatic carbocycles. The van der Waals surface area contributed by atoms with Crippen LogP contribution in [-0.4, -0.2) is 28.8 Å². The molecular weight excluding hydrogens is 391 g/mol. The van der Waals surface area contributed by atoms with Crippen LogP contribution in [0.15, 0.2) is 52.7 Å². The lowest BCUT2D eigenvalue weighted by Crippen LogP contribution is -2.33. The van der Waals surface area contributed by atoms with Gasteiger partial charge in [0.25, 0.3) is 5.56 Å². The molecule has 1 unspecified atom stereocenters. The fourth-order valence-electron chi connectivity index (χ4n) is 2.66. The molecule has 1 heterocycles. The first-order valence-electron chi connectivity index (χ1n) is 7.91. The summed E-state index contributed by atoms with van der Waals surface area (Å²) in [6, 6.07) is 7.04. The number of likely N-dealkylation sites (N-methyl/N-ethyl adjacent to an activating group) is 1. The van der Waals surface area contributed by atoms with Crippen LogP contribution in [0.3, 0.4) is 0 Å². The number of allylic oxidation sites excluding steroid dienone is 1. The monoisotopic (exact) mass is 408 g/mol. The molecule has 0 bridgehead atoms. The van der Waals surface area contributed by atoms with E-state index in [9.17, 15) is 19.5 Å². The summed E-state index contributed by atoms with van der Waals surface area (Å²) in [7, 11) is 3.17. The van der Waals surface area contributed by atoms with E-state index in [0.717, 1.165) is 0 Å². The largest absolute Gasteiger partial charge is 0.512 e. The Balaban J connectivity index is 2.63. The zero-order valence-electron chi connectivity index (χ0n) is 14.9. The summed E-state index contributed by atoms with van der Waals surface area (Å²) in [6.45, 7) is 1.27. The Bertz CT molecular complexity index is 934. The number of pyridine rings is 1. The second kappa shape index (κ2) is 8.41. The van der Waals surface area contributed by atoms with Gasteiger partial charge >= 0.3 is 0 Å². The van der Waals surface area contributed by atoms with Gasteiger partial charge in [-0.05, 0) is 30.7 Å². The fraction of sp³-hybridized carbons (Fsp3) is 0.211. The molecule has 2 rings (SSSR count). The van der Waals surface area contributed by atoms with Crippen LogP contribution in [0, 0.1) is 0 Å². The Morgan fingerprint density at radius 1 is 1.26 bits per heavy atom. The third-order valence-electron chi connectivity index (χ3n) is 4.13. The Morgan fingerprint density at radius 3 is 2.33 bits per heavy atom. The molecule has 1 N–H and O–H groups in total. The van der Waals surface area contributed by atoms with Gasteiger partial charge in [-0.1, -0.05) is 35.3 Å². The van der Waals surface area contributed by atoms with Crippen molar-refractivity contribution < 1.29 is 14.7 Å². The molecule has 8 heteroatoms. The van der Waals surface area contributed by atoms with Gasteiger partial charge in [-0.25, -0.2) is 0 Å². The van der Waals surface area contributed by atoms with E-state index in [4.69, 9.17) is 23.2 Å². The summed E-state index contributed by atoms with van der Waals surface area (Å²) in [4.78, 5) is 37.8. The zero-order valence-corrected chi connectivity index (χ0v) is 16.5. The highest BCUT2D eigenvalue weighted by Crippen LogP contribution is 2.30. The number of aldehydes is 1. The van der Waals surface area contributed by atoms with Crippen molar-refractivity contribution in [3.8, 4) is 0 Å². The van der Waals surface area contributed by atoms with Gasteiger partial charge in [0.2, 0.25) is 0 Å². The summed E-state index contributed by atoms with van der Waals surface area (Å²) in [5.41, 5.74) is 0.328. The highest BCUT2D eigenvalue weighted by molar-refractivity contribution is 6.31. The van der Waals surface area contributed by atoms with E-state index in [1.807, 2.05) is 0 Å². The summed E-state index contributed by atoms with van der Waals surface area (Å²) >= 11 is 11.9. The molecule has 0 aliphatic rings. The Kier molecular flexibility index (Phi) is 6.46. The number of aryl methyl sites for hydroxylation is 1. The first kappa shape index (κ1) is 20.7. The van der Waals surface area contributed by atoms with Crippen LogP contribution in [0.1, 0.15) is 18.5 Å². The number of aliphatic hydroxyl groups is 1. The molecule has 1 atom stereocenters. The molecule has 1 aromatic heterocycles. The molecule has 0 aliphatic heterocycles. The average molecular weight is 409 g/mol. The van der Waals surface area contributed by atoms with Crippen LogP contribution in [0.25, 0.3) is 0 Å². The number of nitrogens with zero attached hydrogens (tertiary/aromatic N) is 2. The van der Waals surface area contributed by atoms with Crippen LogP contribution in [0.5, 0.6) is 0 Å². The minimum atomic E-state index is -0.946. The molecule has 1 aromatic carbocycles. The van der Waals surface area contributed by atoms with Crippen molar-refractivity contribution in [1.82, 2.24) is 4.57 Å². The molecule has 6 nitrogen and oxygen atoms in total. The van der Waals surface area contributed by atoms with E-state index in [0.29, 0.717) is 22.6 Å². The quantitative estimate of drug-likeness (QED) is 0.260. The molecule has 0 fully saturated rings. The van der Waals surface area contributed by atoms with Crippen molar-refractivity contribution >= 4 is 41.0 Å². The lowest BCUT2D eigenvalue weighted by Gasteiger charge is -2.30. The van der Waals surface area contributed by atoms with Gasteiger partial charge in [0.15, 0.2) is 12.1 Å². The summed E-state index contributed by atoms with van der Waals surface area (Å²) in [5.74, 6) is -0.972. The molecule has 0 saturated carbocycles. The van der Waals surface area contributed by atoms with E-state index < -0.39 is 11.8 Å². The highest BCUT2D eigenvalue weighted by Gasteiger charge is 2.30. The predicted octanol–water partition coefficient (Wildman–Crippen LogP) is 3.47. The van der Waals surface area contributed by atoms with Crippen LogP contribution >= 0.6 is 23.2 Å². The second-order valence-electron chi connectivity index (χ2n) is 6.01. The first-order chi connectivity index (χ1) is 12.7. The molecule has 142 valence electrons. The molecule has 2 aromatic rings. The fourth-order valence-corrected chi connectivity index (χ4v) is 3.03. The van der Waals surface area contributed by atoms with Crippen LogP contribution in [-0.2, 0) is 16.6 Å². The first-order valence-corrected chi connectivity index (χ1v) is 8.66. The van der Waals surface area contributed by atoms with Gasteiger partial charge in [-0.2, -0.15) is 0 Å². The van der Waals surface area contributed by atoms with Gasteiger partial charge in [-0.3, -0.25) is 14.4 Å².